The van der Waals surface area contributed by atoms with E-state index in [-0.39, 0.29) is 0 Å². The van der Waals surface area contributed by atoms with Gasteiger partial charge in [-0.25, -0.2) is 4.68 Å². The summed E-state index contributed by atoms with van der Waals surface area (Å²) in [7, 11) is 3.22. The second kappa shape index (κ2) is 6.50. The predicted molar refractivity (Wildman–Crippen MR) is 84.7 cm³/mol. The Morgan fingerprint density at radius 1 is 1.23 bits per heavy atom. The fourth-order valence-corrected chi connectivity index (χ4v) is 2.77. The first-order valence-corrected chi connectivity index (χ1v) is 7.65. The standard InChI is InChI=1S/C15H19N3O3S/c1-19-11-5-6-12(13(9-11)20-2)14-16-18(15(22)21-14)10-17-7-3-4-8-17/h5-6,9H,3-4,7-8,10H2,1-2H3. The summed E-state index contributed by atoms with van der Waals surface area (Å²) >= 11 is 5.28. The number of nitrogens with zero attached hydrogens (tertiary/aromatic N) is 3. The molecular formula is C15H19N3O3S. The first-order valence-electron chi connectivity index (χ1n) is 7.24. The van der Waals surface area contributed by atoms with Crippen LogP contribution in [0.25, 0.3) is 11.5 Å². The van der Waals surface area contributed by atoms with Gasteiger partial charge in [-0.15, -0.1) is 5.10 Å². The van der Waals surface area contributed by atoms with Crippen LogP contribution in [-0.4, -0.2) is 42.0 Å². The van der Waals surface area contributed by atoms with E-state index in [1.165, 1.54) is 12.8 Å². The number of aromatic nitrogens is 2. The van der Waals surface area contributed by atoms with Gasteiger partial charge in [0.05, 0.1) is 26.5 Å². The average Bonchev–Trinajstić information content (AvgIpc) is 3.17. The van der Waals surface area contributed by atoms with E-state index >= 15 is 0 Å². The molecule has 0 atom stereocenters. The van der Waals surface area contributed by atoms with Crippen molar-refractivity contribution in [3.8, 4) is 23.0 Å². The molecule has 6 nitrogen and oxygen atoms in total. The lowest BCUT2D eigenvalue weighted by Crippen LogP contribution is -2.23. The molecule has 1 aliphatic heterocycles. The average molecular weight is 321 g/mol. The molecule has 3 rings (SSSR count). The van der Waals surface area contributed by atoms with Gasteiger partial charge in [-0.2, -0.15) is 0 Å². The highest BCUT2D eigenvalue weighted by Crippen LogP contribution is 2.32. The van der Waals surface area contributed by atoms with Crippen molar-refractivity contribution < 1.29 is 13.9 Å². The molecule has 0 amide bonds. The Hall–Kier alpha value is -1.86. The Kier molecular flexibility index (Phi) is 4.44. The third kappa shape index (κ3) is 3.00. The van der Waals surface area contributed by atoms with Crippen molar-refractivity contribution in [1.82, 2.24) is 14.7 Å². The quantitative estimate of drug-likeness (QED) is 0.789. The van der Waals surface area contributed by atoms with Gasteiger partial charge in [-0.1, -0.05) is 0 Å². The van der Waals surface area contributed by atoms with E-state index in [0.29, 0.717) is 23.1 Å². The minimum atomic E-state index is 0.375. The van der Waals surface area contributed by atoms with Crippen LogP contribution in [0.5, 0.6) is 11.5 Å². The highest BCUT2D eigenvalue weighted by atomic mass is 32.1. The highest BCUT2D eigenvalue weighted by Gasteiger charge is 2.17. The molecule has 1 aromatic heterocycles. The van der Waals surface area contributed by atoms with Crippen LogP contribution < -0.4 is 9.47 Å². The molecule has 0 bridgehead atoms. The summed E-state index contributed by atoms with van der Waals surface area (Å²) in [4.78, 5) is 2.69. The predicted octanol–water partition coefficient (Wildman–Crippen LogP) is 2.94. The smallest absolute Gasteiger partial charge is 0.288 e. The lowest BCUT2D eigenvalue weighted by Gasteiger charge is -2.12. The van der Waals surface area contributed by atoms with Crippen LogP contribution in [0.4, 0.5) is 0 Å². The van der Waals surface area contributed by atoms with Gasteiger partial charge in [0.1, 0.15) is 11.5 Å². The monoisotopic (exact) mass is 321 g/mol. The molecule has 1 aromatic carbocycles. The SMILES string of the molecule is COc1ccc(-c2nn(CN3CCCC3)c(=S)o2)c(OC)c1. The molecule has 0 N–H and O–H groups in total. The largest absolute Gasteiger partial charge is 0.497 e. The fourth-order valence-electron chi connectivity index (χ4n) is 2.59. The summed E-state index contributed by atoms with van der Waals surface area (Å²) in [5.74, 6) is 1.82. The molecule has 1 fully saturated rings. The lowest BCUT2D eigenvalue weighted by atomic mass is 10.2. The van der Waals surface area contributed by atoms with Crippen molar-refractivity contribution in [2.24, 2.45) is 0 Å². The fraction of sp³-hybridized carbons (Fsp3) is 0.467. The zero-order chi connectivity index (χ0) is 15.5. The zero-order valence-corrected chi connectivity index (χ0v) is 13.6. The van der Waals surface area contributed by atoms with Gasteiger partial charge in [0, 0.05) is 6.07 Å². The Morgan fingerprint density at radius 2 is 2.00 bits per heavy atom. The van der Waals surface area contributed by atoms with E-state index in [1.807, 2.05) is 12.1 Å². The molecule has 2 heterocycles. The third-order valence-electron chi connectivity index (χ3n) is 3.78. The van der Waals surface area contributed by atoms with Crippen LogP contribution in [0.1, 0.15) is 12.8 Å². The van der Waals surface area contributed by atoms with Gasteiger partial charge in [-0.3, -0.25) is 4.90 Å². The molecule has 2 aromatic rings. The molecule has 0 spiro atoms. The summed E-state index contributed by atoms with van der Waals surface area (Å²) in [6.07, 6.45) is 2.45. The molecule has 0 aliphatic carbocycles. The van der Waals surface area contributed by atoms with Crippen molar-refractivity contribution in [2.45, 2.75) is 19.5 Å². The van der Waals surface area contributed by atoms with Crippen LogP contribution in [-0.2, 0) is 6.67 Å². The zero-order valence-electron chi connectivity index (χ0n) is 12.7. The molecule has 0 saturated carbocycles. The van der Waals surface area contributed by atoms with Crippen LogP contribution in [0.15, 0.2) is 22.6 Å². The normalized spacial score (nSPS) is 15.2. The van der Waals surface area contributed by atoms with E-state index in [1.54, 1.807) is 25.0 Å². The van der Waals surface area contributed by atoms with Crippen LogP contribution in [0.2, 0.25) is 0 Å². The van der Waals surface area contributed by atoms with E-state index in [2.05, 4.69) is 10.00 Å². The maximum atomic E-state index is 5.65. The van der Waals surface area contributed by atoms with Gasteiger partial charge in [0.25, 0.3) is 10.7 Å². The second-order valence-corrected chi connectivity index (χ2v) is 5.55. The summed E-state index contributed by atoms with van der Waals surface area (Å²) in [5.41, 5.74) is 0.759. The Labute approximate surface area is 134 Å². The number of hydrogen-bond acceptors (Lipinski definition) is 6. The topological polar surface area (TPSA) is 52.7 Å². The number of benzene rings is 1. The van der Waals surface area contributed by atoms with Crippen molar-refractivity contribution in [3.05, 3.63) is 23.0 Å². The number of likely N-dealkylation sites (tertiary alicyclic amines) is 1. The minimum Gasteiger partial charge on any atom is -0.497 e. The third-order valence-corrected chi connectivity index (χ3v) is 4.07. The number of rotatable bonds is 5. The van der Waals surface area contributed by atoms with Gasteiger partial charge in [0.15, 0.2) is 0 Å². The molecule has 1 saturated heterocycles. The first-order chi connectivity index (χ1) is 10.7. The van der Waals surface area contributed by atoms with Gasteiger partial charge < -0.3 is 13.9 Å². The molecular weight excluding hydrogens is 302 g/mol. The van der Waals surface area contributed by atoms with Crippen molar-refractivity contribution in [2.75, 3.05) is 27.3 Å². The first kappa shape index (κ1) is 15.1. The molecule has 0 unspecified atom stereocenters. The maximum Gasteiger partial charge on any atom is 0.288 e. The van der Waals surface area contributed by atoms with Gasteiger partial charge in [-0.05, 0) is 50.3 Å². The van der Waals surface area contributed by atoms with Gasteiger partial charge in [0.2, 0.25) is 0 Å². The second-order valence-electron chi connectivity index (χ2n) is 5.21. The van der Waals surface area contributed by atoms with E-state index in [0.717, 1.165) is 24.4 Å². The summed E-state index contributed by atoms with van der Waals surface area (Å²) in [5, 5.41) is 4.49. The van der Waals surface area contributed by atoms with Crippen LogP contribution in [0, 0.1) is 4.84 Å². The van der Waals surface area contributed by atoms with Gasteiger partial charge >= 0.3 is 0 Å². The lowest BCUT2D eigenvalue weighted by molar-refractivity contribution is 0.249. The maximum absolute atomic E-state index is 5.65. The molecule has 0 radical (unpaired) electrons. The van der Waals surface area contributed by atoms with Crippen molar-refractivity contribution in [3.63, 3.8) is 0 Å². The summed E-state index contributed by atoms with van der Waals surface area (Å²) in [6.45, 7) is 2.83. The Bertz CT molecular complexity index is 704. The van der Waals surface area contributed by atoms with Crippen molar-refractivity contribution in [1.29, 1.82) is 0 Å². The highest BCUT2D eigenvalue weighted by molar-refractivity contribution is 7.71. The molecule has 118 valence electrons. The van der Waals surface area contributed by atoms with Crippen LogP contribution in [0.3, 0.4) is 0 Å². The number of ether oxygens (including phenoxy) is 2. The van der Waals surface area contributed by atoms with E-state index in [9.17, 15) is 0 Å². The molecule has 7 heteroatoms. The van der Waals surface area contributed by atoms with Crippen molar-refractivity contribution >= 4 is 12.2 Å². The van der Waals surface area contributed by atoms with Crippen LogP contribution >= 0.6 is 12.2 Å². The Morgan fingerprint density at radius 3 is 2.68 bits per heavy atom. The number of hydrogen-bond donors (Lipinski definition) is 0. The molecule has 22 heavy (non-hydrogen) atoms. The summed E-state index contributed by atoms with van der Waals surface area (Å²) < 4.78 is 18.0. The van der Waals surface area contributed by atoms with E-state index in [4.69, 9.17) is 26.1 Å². The summed E-state index contributed by atoms with van der Waals surface area (Å²) in [6, 6.07) is 5.50. The number of methoxy groups -OCH3 is 2. The Balaban J connectivity index is 1.90. The van der Waals surface area contributed by atoms with E-state index < -0.39 is 0 Å². The minimum absolute atomic E-state index is 0.375. The molecule has 1 aliphatic rings.